The van der Waals surface area contributed by atoms with Crippen molar-refractivity contribution in [3.63, 3.8) is 0 Å². The van der Waals surface area contributed by atoms with Crippen molar-refractivity contribution in [2.24, 2.45) is 5.84 Å². The molecule has 0 aromatic heterocycles. The molecule has 4 heteroatoms. The highest BCUT2D eigenvalue weighted by molar-refractivity contribution is 5.87. The van der Waals surface area contributed by atoms with Gasteiger partial charge in [-0.15, -0.1) is 0 Å². The molecule has 1 aliphatic heterocycles. The molecule has 1 aliphatic rings. The lowest BCUT2D eigenvalue weighted by atomic mass is 10.4. The topological polar surface area (TPSA) is 58.4 Å². The van der Waals surface area contributed by atoms with Crippen LogP contribution in [0.5, 0.6) is 0 Å². The van der Waals surface area contributed by atoms with Gasteiger partial charge in [-0.3, -0.25) is 16.1 Å². The number of carbonyl (C=O) groups is 1. The molecule has 0 unspecified atom stereocenters. The Hall–Kier alpha value is -0.870. The fraction of sp³-hybridized carbons (Fsp3) is 0.250. The quantitative estimate of drug-likeness (QED) is 0.386. The van der Waals surface area contributed by atoms with Gasteiger partial charge >= 0.3 is 0 Å². The molecule has 44 valence electrons. The van der Waals surface area contributed by atoms with Crippen molar-refractivity contribution in [1.29, 1.82) is 0 Å². The average Bonchev–Trinajstić information content (AvgIpc) is 1.64. The van der Waals surface area contributed by atoms with Crippen LogP contribution in [0.4, 0.5) is 0 Å². The lowest BCUT2D eigenvalue weighted by Gasteiger charge is -2.16. The zero-order valence-corrected chi connectivity index (χ0v) is 4.29. The minimum Gasteiger partial charge on any atom is -0.272 e. The molecule has 0 aromatic rings. The summed E-state index contributed by atoms with van der Waals surface area (Å²) in [4.78, 5) is 10.4. The second-order valence-electron chi connectivity index (χ2n) is 1.53. The van der Waals surface area contributed by atoms with Crippen molar-refractivity contribution in [2.45, 2.75) is 0 Å². The summed E-state index contributed by atoms with van der Waals surface area (Å²) >= 11 is 0. The molecule has 0 atom stereocenters. The molecule has 1 heterocycles. The van der Waals surface area contributed by atoms with Crippen LogP contribution in [-0.2, 0) is 4.79 Å². The molecule has 3 N–H and O–H groups in total. The lowest BCUT2D eigenvalue weighted by Crippen LogP contribution is -2.48. The molecule has 0 bridgehead atoms. The third-order valence-electron chi connectivity index (χ3n) is 0.825. The van der Waals surface area contributed by atoms with E-state index >= 15 is 0 Å². The first-order valence-corrected chi connectivity index (χ1v) is 2.28. The Labute approximate surface area is 46.9 Å². The predicted octanol–water partition coefficient (Wildman–Crippen LogP) is -1.24. The van der Waals surface area contributed by atoms with E-state index in [1.807, 2.05) is 0 Å². The molecular weight excluding hydrogens is 106 g/mol. The molecule has 8 heavy (non-hydrogen) atoms. The lowest BCUT2D eigenvalue weighted by molar-refractivity contribution is -0.121. The summed E-state index contributed by atoms with van der Waals surface area (Å²) in [5.74, 6) is 5.01. The van der Waals surface area contributed by atoms with E-state index in [0.29, 0.717) is 6.54 Å². The number of nitrogens with one attached hydrogen (secondary N) is 1. The van der Waals surface area contributed by atoms with Gasteiger partial charge in [0.15, 0.2) is 0 Å². The molecule has 1 amide bonds. The van der Waals surface area contributed by atoms with Crippen LogP contribution in [0.1, 0.15) is 0 Å². The Morgan fingerprint density at radius 2 is 2.62 bits per heavy atom. The van der Waals surface area contributed by atoms with Crippen molar-refractivity contribution >= 4 is 5.91 Å². The molecule has 0 saturated heterocycles. The molecular formula is C4H7N3O. The molecule has 0 spiro atoms. The number of hydrogen-bond acceptors (Lipinski definition) is 3. The first-order valence-electron chi connectivity index (χ1n) is 2.28. The number of nitrogens with two attached hydrogens (primary N) is 1. The smallest absolute Gasteiger partial charge is 0.259 e. The minimum absolute atomic E-state index is 0.168. The second-order valence-corrected chi connectivity index (χ2v) is 1.53. The fourth-order valence-electron chi connectivity index (χ4n) is 0.498. The van der Waals surface area contributed by atoms with E-state index in [9.17, 15) is 4.79 Å². The van der Waals surface area contributed by atoms with Crippen molar-refractivity contribution in [3.05, 3.63) is 12.2 Å². The normalized spacial score (nSPS) is 20.9. The van der Waals surface area contributed by atoms with Crippen LogP contribution >= 0.6 is 0 Å². The van der Waals surface area contributed by atoms with Crippen LogP contribution in [0.25, 0.3) is 0 Å². The van der Waals surface area contributed by atoms with Crippen molar-refractivity contribution in [2.75, 3.05) is 6.54 Å². The van der Waals surface area contributed by atoms with Gasteiger partial charge in [0, 0.05) is 6.08 Å². The number of amides is 1. The summed E-state index contributed by atoms with van der Waals surface area (Å²) in [6.07, 6.45) is 3.14. The van der Waals surface area contributed by atoms with Crippen LogP contribution in [0.15, 0.2) is 12.2 Å². The van der Waals surface area contributed by atoms with E-state index in [-0.39, 0.29) is 5.91 Å². The molecule has 0 aliphatic carbocycles. The Bertz CT molecular complexity index is 131. The monoisotopic (exact) mass is 113 g/mol. The maximum Gasteiger partial charge on any atom is 0.259 e. The third kappa shape index (κ3) is 1.05. The highest BCUT2D eigenvalue weighted by Gasteiger charge is 2.03. The maximum absolute atomic E-state index is 10.4. The van der Waals surface area contributed by atoms with Gasteiger partial charge in [-0.05, 0) is 0 Å². The van der Waals surface area contributed by atoms with Crippen LogP contribution in [0.2, 0.25) is 0 Å². The first kappa shape index (κ1) is 5.27. The zero-order valence-electron chi connectivity index (χ0n) is 4.29. The first-order chi connectivity index (χ1) is 3.79. The SMILES string of the molecule is NN1CC=CC(=O)N1. The van der Waals surface area contributed by atoms with Gasteiger partial charge in [0.25, 0.3) is 5.91 Å². The maximum atomic E-state index is 10.4. The summed E-state index contributed by atoms with van der Waals surface area (Å²) in [7, 11) is 0. The Balaban J connectivity index is 2.54. The van der Waals surface area contributed by atoms with Gasteiger partial charge < -0.3 is 0 Å². The minimum atomic E-state index is -0.168. The van der Waals surface area contributed by atoms with Crippen molar-refractivity contribution in [3.8, 4) is 0 Å². The van der Waals surface area contributed by atoms with Crippen LogP contribution in [0.3, 0.4) is 0 Å². The van der Waals surface area contributed by atoms with Gasteiger partial charge in [-0.25, -0.2) is 0 Å². The number of carbonyl (C=O) groups excluding carboxylic acids is 1. The predicted molar refractivity (Wildman–Crippen MR) is 28.2 cm³/mol. The van der Waals surface area contributed by atoms with E-state index < -0.39 is 0 Å². The second kappa shape index (κ2) is 1.94. The fourth-order valence-corrected chi connectivity index (χ4v) is 0.498. The summed E-state index contributed by atoms with van der Waals surface area (Å²) in [5, 5.41) is 1.22. The standard InChI is InChI=1S/C4H7N3O/c5-7-3-1-2-4(8)6-7/h1-2H,3,5H2,(H,6,8). The Morgan fingerprint density at radius 3 is 3.00 bits per heavy atom. The van der Waals surface area contributed by atoms with Crippen molar-refractivity contribution in [1.82, 2.24) is 10.5 Å². The highest BCUT2D eigenvalue weighted by atomic mass is 16.2. The molecule has 0 fully saturated rings. The van der Waals surface area contributed by atoms with E-state index in [4.69, 9.17) is 5.84 Å². The molecule has 0 aromatic carbocycles. The van der Waals surface area contributed by atoms with Gasteiger partial charge in [0.1, 0.15) is 0 Å². The summed E-state index contributed by atoms with van der Waals surface area (Å²) in [6.45, 7) is 0.575. The van der Waals surface area contributed by atoms with Crippen molar-refractivity contribution < 1.29 is 4.79 Å². The molecule has 0 radical (unpaired) electrons. The highest BCUT2D eigenvalue weighted by Crippen LogP contribution is 1.83. The summed E-state index contributed by atoms with van der Waals surface area (Å²) in [5.41, 5.74) is 2.36. The van der Waals surface area contributed by atoms with E-state index in [1.54, 1.807) is 6.08 Å². The Kier molecular flexibility index (Phi) is 1.27. The van der Waals surface area contributed by atoms with Gasteiger partial charge in [-0.2, -0.15) is 5.12 Å². The molecule has 4 nitrogen and oxygen atoms in total. The molecule has 0 saturated carbocycles. The molecule has 1 rings (SSSR count). The third-order valence-corrected chi connectivity index (χ3v) is 0.825. The summed E-state index contributed by atoms with van der Waals surface area (Å²) in [6, 6.07) is 0. The summed E-state index contributed by atoms with van der Waals surface area (Å²) < 4.78 is 0. The van der Waals surface area contributed by atoms with Gasteiger partial charge in [0.2, 0.25) is 0 Å². The van der Waals surface area contributed by atoms with E-state index in [0.717, 1.165) is 0 Å². The number of nitrogens with zero attached hydrogens (tertiary/aromatic N) is 1. The van der Waals surface area contributed by atoms with Crippen LogP contribution in [0, 0.1) is 0 Å². The van der Waals surface area contributed by atoms with E-state index in [2.05, 4.69) is 5.43 Å². The van der Waals surface area contributed by atoms with Crippen LogP contribution in [-0.4, -0.2) is 17.6 Å². The number of rotatable bonds is 0. The Morgan fingerprint density at radius 1 is 1.88 bits per heavy atom. The zero-order chi connectivity index (χ0) is 5.98. The number of hydrazine groups is 2. The van der Waals surface area contributed by atoms with E-state index in [1.165, 1.54) is 11.2 Å². The van der Waals surface area contributed by atoms with Gasteiger partial charge in [0.05, 0.1) is 6.54 Å². The van der Waals surface area contributed by atoms with Crippen LogP contribution < -0.4 is 11.3 Å². The van der Waals surface area contributed by atoms with Gasteiger partial charge in [-0.1, -0.05) is 6.08 Å². The average molecular weight is 113 g/mol. The largest absolute Gasteiger partial charge is 0.272 e. The number of hydrogen-bond donors (Lipinski definition) is 2.